The average Bonchev–Trinajstić information content (AvgIpc) is 2.38. The van der Waals surface area contributed by atoms with Crippen molar-refractivity contribution < 1.29 is 22.4 Å². The molecule has 0 aliphatic heterocycles. The summed E-state index contributed by atoms with van der Waals surface area (Å²) in [5, 5.41) is 0. The molecule has 0 amide bonds. The number of hydrogen-bond acceptors (Lipinski definition) is 2. The summed E-state index contributed by atoms with van der Waals surface area (Å²) < 4.78 is 52.1. The second-order valence-electron chi connectivity index (χ2n) is 3.73. The lowest BCUT2D eigenvalue weighted by atomic mass is 10.0. The maximum atomic E-state index is 13.6. The summed E-state index contributed by atoms with van der Waals surface area (Å²) in [6, 6.07) is 6.52. The van der Waals surface area contributed by atoms with Crippen LogP contribution in [0.5, 0.6) is 0 Å². The minimum Gasteiger partial charge on any atom is -0.296 e. The molecule has 0 N–H and O–H groups in total. The van der Waals surface area contributed by atoms with Crippen molar-refractivity contribution in [3.8, 4) is 11.3 Å². The number of carbonyl (C=O) groups excluding carboxylic acids is 1. The van der Waals surface area contributed by atoms with Gasteiger partial charge in [0.1, 0.15) is 17.2 Å². The summed E-state index contributed by atoms with van der Waals surface area (Å²) in [5.41, 5.74) is -2.01. The van der Waals surface area contributed by atoms with Crippen molar-refractivity contribution in [2.24, 2.45) is 0 Å². The van der Waals surface area contributed by atoms with Gasteiger partial charge in [-0.05, 0) is 18.2 Å². The van der Waals surface area contributed by atoms with Crippen LogP contribution < -0.4 is 0 Å². The lowest BCUT2D eigenvalue weighted by molar-refractivity contribution is -0.137. The van der Waals surface area contributed by atoms with Gasteiger partial charge in [0.2, 0.25) is 0 Å². The Bertz CT molecular complexity index is 622. The van der Waals surface area contributed by atoms with Gasteiger partial charge in [-0.25, -0.2) is 9.37 Å². The van der Waals surface area contributed by atoms with E-state index >= 15 is 0 Å². The molecule has 0 radical (unpaired) electrons. The lowest BCUT2D eigenvalue weighted by Crippen LogP contribution is -2.08. The van der Waals surface area contributed by atoms with Crippen molar-refractivity contribution >= 4 is 6.29 Å². The second-order valence-corrected chi connectivity index (χ2v) is 3.73. The molecule has 0 aliphatic carbocycles. The van der Waals surface area contributed by atoms with Gasteiger partial charge in [0.05, 0.1) is 5.56 Å². The van der Waals surface area contributed by atoms with Crippen molar-refractivity contribution in [1.29, 1.82) is 0 Å². The van der Waals surface area contributed by atoms with Gasteiger partial charge >= 0.3 is 6.18 Å². The predicted molar refractivity (Wildman–Crippen MR) is 60.0 cm³/mol. The van der Waals surface area contributed by atoms with E-state index in [-0.39, 0.29) is 5.69 Å². The fraction of sp³-hybridized carbons (Fsp3) is 0.0769. The molecular formula is C13H7F4NO. The molecule has 2 rings (SSSR count). The fourth-order valence-electron chi connectivity index (χ4n) is 1.65. The number of hydrogen-bond donors (Lipinski definition) is 0. The number of carbonyl (C=O) groups is 1. The lowest BCUT2D eigenvalue weighted by Gasteiger charge is -2.12. The topological polar surface area (TPSA) is 30.0 Å². The third-order valence-electron chi connectivity index (χ3n) is 2.48. The molecule has 0 bridgehead atoms. The Balaban J connectivity index is 2.69. The molecule has 98 valence electrons. The molecule has 0 saturated heterocycles. The maximum Gasteiger partial charge on any atom is 0.417 e. The molecule has 0 unspecified atom stereocenters. The monoisotopic (exact) mass is 269 g/mol. The number of benzene rings is 1. The molecule has 2 aromatic rings. The third kappa shape index (κ3) is 2.62. The first-order valence-corrected chi connectivity index (χ1v) is 5.22. The predicted octanol–water partition coefficient (Wildman–Crippen LogP) is 3.72. The molecule has 6 heteroatoms. The summed E-state index contributed by atoms with van der Waals surface area (Å²) in [6.45, 7) is 0. The average molecular weight is 269 g/mol. The molecule has 0 aliphatic rings. The zero-order valence-corrected chi connectivity index (χ0v) is 9.41. The standard InChI is InChI=1S/C13H7F4NO/c14-11-6-5-8(7-19)18-12(11)9-3-1-2-4-10(9)13(15,16)17/h1-7H. The van der Waals surface area contributed by atoms with Crippen LogP contribution >= 0.6 is 0 Å². The van der Waals surface area contributed by atoms with E-state index in [1.165, 1.54) is 12.1 Å². The number of halogens is 4. The summed E-state index contributed by atoms with van der Waals surface area (Å²) >= 11 is 0. The van der Waals surface area contributed by atoms with E-state index < -0.39 is 28.8 Å². The highest BCUT2D eigenvalue weighted by atomic mass is 19.4. The van der Waals surface area contributed by atoms with Crippen LogP contribution in [0.4, 0.5) is 17.6 Å². The van der Waals surface area contributed by atoms with Crippen LogP contribution in [0.15, 0.2) is 36.4 Å². The Labute approximate surface area is 105 Å². The number of aromatic nitrogens is 1. The van der Waals surface area contributed by atoms with Gasteiger partial charge < -0.3 is 0 Å². The Hall–Kier alpha value is -2.24. The molecular weight excluding hydrogens is 262 g/mol. The van der Waals surface area contributed by atoms with Crippen LogP contribution in [-0.4, -0.2) is 11.3 Å². The summed E-state index contributed by atoms with van der Waals surface area (Å²) in [7, 11) is 0. The minimum absolute atomic E-state index is 0.131. The van der Waals surface area contributed by atoms with E-state index in [2.05, 4.69) is 4.98 Å². The van der Waals surface area contributed by atoms with Crippen molar-refractivity contribution in [2.75, 3.05) is 0 Å². The van der Waals surface area contributed by atoms with Crippen molar-refractivity contribution in [2.45, 2.75) is 6.18 Å². The fourth-order valence-corrected chi connectivity index (χ4v) is 1.65. The minimum atomic E-state index is -4.62. The van der Waals surface area contributed by atoms with Gasteiger partial charge in [0, 0.05) is 5.56 Å². The Morgan fingerprint density at radius 1 is 1.05 bits per heavy atom. The summed E-state index contributed by atoms with van der Waals surface area (Å²) in [6.07, 6.45) is -4.28. The zero-order chi connectivity index (χ0) is 14.0. The molecule has 19 heavy (non-hydrogen) atoms. The molecule has 1 heterocycles. The molecule has 0 spiro atoms. The number of aldehydes is 1. The number of rotatable bonds is 2. The Kier molecular flexibility index (Phi) is 3.33. The van der Waals surface area contributed by atoms with E-state index in [9.17, 15) is 22.4 Å². The van der Waals surface area contributed by atoms with Crippen LogP contribution in [0.25, 0.3) is 11.3 Å². The van der Waals surface area contributed by atoms with E-state index in [0.717, 1.165) is 24.3 Å². The van der Waals surface area contributed by atoms with Gasteiger partial charge in [0.15, 0.2) is 6.29 Å². The number of pyridine rings is 1. The number of nitrogens with zero attached hydrogens (tertiary/aromatic N) is 1. The number of alkyl halides is 3. The molecule has 1 aromatic heterocycles. The highest BCUT2D eigenvalue weighted by Gasteiger charge is 2.34. The van der Waals surface area contributed by atoms with Crippen molar-refractivity contribution in [3.63, 3.8) is 0 Å². The molecule has 1 aromatic carbocycles. The Morgan fingerprint density at radius 2 is 1.74 bits per heavy atom. The van der Waals surface area contributed by atoms with Gasteiger partial charge in [-0.3, -0.25) is 4.79 Å². The van der Waals surface area contributed by atoms with Crippen molar-refractivity contribution in [1.82, 2.24) is 4.98 Å². The van der Waals surface area contributed by atoms with Crippen LogP contribution in [0.3, 0.4) is 0 Å². The molecule has 0 saturated carbocycles. The summed E-state index contributed by atoms with van der Waals surface area (Å²) in [5.74, 6) is -0.915. The highest BCUT2D eigenvalue weighted by Crippen LogP contribution is 2.36. The van der Waals surface area contributed by atoms with Crippen molar-refractivity contribution in [3.05, 3.63) is 53.5 Å². The van der Waals surface area contributed by atoms with Gasteiger partial charge in [-0.2, -0.15) is 13.2 Å². The quantitative estimate of drug-likeness (QED) is 0.614. The first-order valence-electron chi connectivity index (χ1n) is 5.22. The largest absolute Gasteiger partial charge is 0.417 e. The normalized spacial score (nSPS) is 11.4. The smallest absolute Gasteiger partial charge is 0.296 e. The van der Waals surface area contributed by atoms with E-state index in [4.69, 9.17) is 0 Å². The first kappa shape index (κ1) is 13.2. The van der Waals surface area contributed by atoms with Crippen LogP contribution in [0, 0.1) is 5.82 Å². The van der Waals surface area contributed by atoms with E-state index in [1.54, 1.807) is 0 Å². The van der Waals surface area contributed by atoms with Gasteiger partial charge in [0.25, 0.3) is 0 Å². The van der Waals surface area contributed by atoms with Gasteiger partial charge in [-0.15, -0.1) is 0 Å². The SMILES string of the molecule is O=Cc1ccc(F)c(-c2ccccc2C(F)(F)F)n1. The highest BCUT2D eigenvalue weighted by molar-refractivity contribution is 5.74. The van der Waals surface area contributed by atoms with E-state index in [0.29, 0.717) is 6.29 Å². The molecule has 2 nitrogen and oxygen atoms in total. The van der Waals surface area contributed by atoms with Crippen LogP contribution in [0.1, 0.15) is 16.1 Å². The van der Waals surface area contributed by atoms with Gasteiger partial charge in [-0.1, -0.05) is 18.2 Å². The zero-order valence-electron chi connectivity index (χ0n) is 9.41. The molecule has 0 fully saturated rings. The third-order valence-corrected chi connectivity index (χ3v) is 2.48. The first-order chi connectivity index (χ1) is 8.93. The molecule has 0 atom stereocenters. The van der Waals surface area contributed by atoms with E-state index in [1.807, 2.05) is 0 Å². The van der Waals surface area contributed by atoms with Crippen LogP contribution in [-0.2, 0) is 6.18 Å². The summed E-state index contributed by atoms with van der Waals surface area (Å²) in [4.78, 5) is 14.2. The van der Waals surface area contributed by atoms with Crippen LogP contribution in [0.2, 0.25) is 0 Å². The second kappa shape index (κ2) is 4.79. The maximum absolute atomic E-state index is 13.6. The Morgan fingerprint density at radius 3 is 2.37 bits per heavy atom.